The van der Waals surface area contributed by atoms with Crippen molar-refractivity contribution in [3.05, 3.63) is 48.5 Å². The molecule has 1 aliphatic carbocycles. The number of nitrogens with one attached hydrogen (secondary N) is 3. The molecule has 1 aliphatic rings. The van der Waals surface area contributed by atoms with Crippen molar-refractivity contribution in [1.82, 2.24) is 19.0 Å². The maximum atomic E-state index is 12.0. The Bertz CT molecular complexity index is 1210. The van der Waals surface area contributed by atoms with E-state index in [9.17, 15) is 8.42 Å². The molecule has 182 valence electrons. The lowest BCUT2D eigenvalue weighted by molar-refractivity contribution is 0.334. The van der Waals surface area contributed by atoms with Gasteiger partial charge in [-0.05, 0) is 55.9 Å². The molecule has 9 nitrogen and oxygen atoms in total. The highest BCUT2D eigenvalue weighted by Crippen LogP contribution is 2.32. The number of rotatable bonds is 9. The van der Waals surface area contributed by atoms with E-state index in [2.05, 4.69) is 15.4 Å². The van der Waals surface area contributed by atoms with Crippen molar-refractivity contribution >= 4 is 38.6 Å². The third kappa shape index (κ3) is 5.75. The first-order chi connectivity index (χ1) is 16.4. The Morgan fingerprint density at radius 3 is 2.41 bits per heavy atom. The lowest BCUT2D eigenvalue weighted by Crippen LogP contribution is -2.39. The van der Waals surface area contributed by atoms with E-state index in [1.165, 1.54) is 18.4 Å². The molecule has 0 saturated heterocycles. The molecule has 3 N–H and O–H groups in total. The van der Waals surface area contributed by atoms with Gasteiger partial charge in [0.1, 0.15) is 17.1 Å². The topological polar surface area (TPSA) is 108 Å². The van der Waals surface area contributed by atoms with Gasteiger partial charge in [0.2, 0.25) is 5.95 Å². The first kappa shape index (κ1) is 24.2. The Kier molecular flexibility index (Phi) is 7.50. The van der Waals surface area contributed by atoms with Crippen molar-refractivity contribution in [2.24, 2.45) is 5.92 Å². The first-order valence-corrected chi connectivity index (χ1v) is 12.9. The van der Waals surface area contributed by atoms with Crippen LogP contribution in [-0.4, -0.2) is 56.5 Å². The molecule has 34 heavy (non-hydrogen) atoms. The van der Waals surface area contributed by atoms with Crippen LogP contribution in [0.3, 0.4) is 0 Å². The van der Waals surface area contributed by atoms with Gasteiger partial charge >= 0.3 is 0 Å². The van der Waals surface area contributed by atoms with Crippen LogP contribution in [0.15, 0.2) is 48.5 Å². The first-order valence-electron chi connectivity index (χ1n) is 11.5. The summed E-state index contributed by atoms with van der Waals surface area (Å²) in [5, 5.41) is 7.78. The van der Waals surface area contributed by atoms with Crippen LogP contribution in [0.5, 0.6) is 5.75 Å². The fourth-order valence-electron chi connectivity index (χ4n) is 4.15. The normalized spacial score (nSPS) is 18.7. The second-order valence-corrected chi connectivity index (χ2v) is 10.7. The quantitative estimate of drug-likeness (QED) is 0.424. The zero-order valence-corrected chi connectivity index (χ0v) is 20.6. The molecule has 0 aliphatic heterocycles. The number of benzene rings is 2. The van der Waals surface area contributed by atoms with Gasteiger partial charge < -0.3 is 15.4 Å². The van der Waals surface area contributed by atoms with Gasteiger partial charge in [-0.3, -0.25) is 0 Å². The monoisotopic (exact) mass is 484 g/mol. The zero-order chi connectivity index (χ0) is 24.1. The molecule has 1 fully saturated rings. The number of ether oxygens (including phenoxy) is 1. The summed E-state index contributed by atoms with van der Waals surface area (Å²) in [7, 11) is 1.31. The highest BCUT2D eigenvalue weighted by molar-refractivity contribution is 7.87. The standard InChI is InChI=1S/C24H32N6O3S/c1-30(2)34(31,32)25-16-17-12-14-19(15-13-17)27-24-28-22-20(10-7-11-21(22)33-3)23(29-24)26-18-8-5-4-6-9-18/h4-11,17,19,25H,12-16H2,1-3H3,(H2,26,27,28,29)/t17-,19-. The van der Waals surface area contributed by atoms with Crippen molar-refractivity contribution < 1.29 is 13.2 Å². The van der Waals surface area contributed by atoms with E-state index < -0.39 is 10.2 Å². The molecule has 1 aromatic heterocycles. The van der Waals surface area contributed by atoms with E-state index in [4.69, 9.17) is 14.7 Å². The molecular weight excluding hydrogens is 452 g/mol. The Hall–Kier alpha value is -2.95. The number of hydrogen-bond acceptors (Lipinski definition) is 7. The predicted molar refractivity (Wildman–Crippen MR) is 136 cm³/mol. The summed E-state index contributed by atoms with van der Waals surface area (Å²) < 4.78 is 33.4. The Labute approximate surface area is 201 Å². The molecule has 0 radical (unpaired) electrons. The fraction of sp³-hybridized carbons (Fsp3) is 0.417. The number of fused-ring (bicyclic) bond motifs is 1. The van der Waals surface area contributed by atoms with Crippen molar-refractivity contribution in [1.29, 1.82) is 0 Å². The van der Waals surface area contributed by atoms with Crippen LogP contribution in [0, 0.1) is 5.92 Å². The van der Waals surface area contributed by atoms with Gasteiger partial charge in [0.15, 0.2) is 0 Å². The summed E-state index contributed by atoms with van der Waals surface area (Å²) in [5.74, 6) is 2.27. The lowest BCUT2D eigenvalue weighted by atomic mass is 9.86. The van der Waals surface area contributed by atoms with Gasteiger partial charge in [0.25, 0.3) is 10.2 Å². The highest BCUT2D eigenvalue weighted by Gasteiger charge is 2.24. The average molecular weight is 485 g/mol. The number of methoxy groups -OCH3 is 1. The molecule has 0 spiro atoms. The Morgan fingerprint density at radius 1 is 1.00 bits per heavy atom. The van der Waals surface area contributed by atoms with Gasteiger partial charge in [-0.2, -0.15) is 17.7 Å². The Balaban J connectivity index is 1.48. The van der Waals surface area contributed by atoms with Crippen molar-refractivity contribution in [2.75, 3.05) is 38.4 Å². The molecule has 0 atom stereocenters. The van der Waals surface area contributed by atoms with Crippen molar-refractivity contribution in [3.8, 4) is 5.75 Å². The van der Waals surface area contributed by atoms with Crippen LogP contribution < -0.4 is 20.1 Å². The second-order valence-electron chi connectivity index (χ2n) is 8.74. The summed E-state index contributed by atoms with van der Waals surface area (Å²) in [6, 6.07) is 15.9. The lowest BCUT2D eigenvalue weighted by Gasteiger charge is -2.29. The molecule has 3 aromatic rings. The SMILES string of the molecule is COc1cccc2c(Nc3ccccc3)nc(N[C@H]3CC[C@H](CNS(=O)(=O)N(C)C)CC3)nc12. The zero-order valence-electron chi connectivity index (χ0n) is 19.8. The van der Waals surface area contributed by atoms with E-state index in [-0.39, 0.29) is 6.04 Å². The summed E-state index contributed by atoms with van der Waals surface area (Å²) in [6.45, 7) is 0.460. The van der Waals surface area contributed by atoms with Crippen LogP contribution in [0.2, 0.25) is 0 Å². The van der Waals surface area contributed by atoms with E-state index in [0.29, 0.717) is 30.0 Å². The molecule has 2 aromatic carbocycles. The number of nitrogens with zero attached hydrogens (tertiary/aromatic N) is 3. The predicted octanol–water partition coefficient (Wildman–Crippen LogP) is 3.75. The average Bonchev–Trinajstić information content (AvgIpc) is 2.84. The van der Waals surface area contributed by atoms with Crippen molar-refractivity contribution in [3.63, 3.8) is 0 Å². The number of aromatic nitrogens is 2. The molecule has 0 amide bonds. The van der Waals surface area contributed by atoms with E-state index in [1.54, 1.807) is 7.11 Å². The van der Waals surface area contributed by atoms with Crippen molar-refractivity contribution in [2.45, 2.75) is 31.7 Å². The third-order valence-electron chi connectivity index (χ3n) is 6.16. The second kappa shape index (κ2) is 10.5. The van der Waals surface area contributed by atoms with Gasteiger partial charge in [-0.15, -0.1) is 0 Å². The van der Waals surface area contributed by atoms with E-state index in [0.717, 1.165) is 42.3 Å². The molecule has 1 saturated carbocycles. The molecule has 4 rings (SSSR count). The minimum absolute atomic E-state index is 0.221. The minimum Gasteiger partial charge on any atom is -0.494 e. The number of para-hydroxylation sites is 2. The van der Waals surface area contributed by atoms with Crippen LogP contribution in [0.1, 0.15) is 25.7 Å². The number of hydrogen-bond donors (Lipinski definition) is 3. The van der Waals surface area contributed by atoms with Crippen LogP contribution in [0.4, 0.5) is 17.5 Å². The van der Waals surface area contributed by atoms with Gasteiger partial charge in [-0.25, -0.2) is 9.71 Å². The summed E-state index contributed by atoms with van der Waals surface area (Å²) in [5.41, 5.74) is 1.68. The summed E-state index contributed by atoms with van der Waals surface area (Å²) >= 11 is 0. The number of anilines is 3. The molecule has 10 heteroatoms. The smallest absolute Gasteiger partial charge is 0.278 e. The van der Waals surface area contributed by atoms with Gasteiger partial charge in [0.05, 0.1) is 7.11 Å². The molecule has 0 unspecified atom stereocenters. The summed E-state index contributed by atoms with van der Waals surface area (Å²) in [4.78, 5) is 9.55. The summed E-state index contributed by atoms with van der Waals surface area (Å²) in [6.07, 6.45) is 3.70. The van der Waals surface area contributed by atoms with E-state index in [1.807, 2.05) is 48.5 Å². The van der Waals surface area contributed by atoms with E-state index >= 15 is 0 Å². The Morgan fingerprint density at radius 2 is 1.74 bits per heavy atom. The fourth-order valence-corrected chi connectivity index (χ4v) is 4.86. The molecule has 1 heterocycles. The van der Waals surface area contributed by atoms with Crippen LogP contribution >= 0.6 is 0 Å². The maximum Gasteiger partial charge on any atom is 0.278 e. The largest absolute Gasteiger partial charge is 0.494 e. The highest BCUT2D eigenvalue weighted by atomic mass is 32.2. The molecular formula is C24H32N6O3S. The van der Waals surface area contributed by atoms with Gasteiger partial charge in [-0.1, -0.05) is 24.3 Å². The van der Waals surface area contributed by atoms with Crippen LogP contribution in [-0.2, 0) is 10.2 Å². The maximum absolute atomic E-state index is 12.0. The third-order valence-corrected chi connectivity index (χ3v) is 7.65. The minimum atomic E-state index is -3.39. The van der Waals surface area contributed by atoms with Gasteiger partial charge in [0, 0.05) is 37.8 Å². The molecule has 0 bridgehead atoms. The van der Waals surface area contributed by atoms with Crippen LogP contribution in [0.25, 0.3) is 10.9 Å².